The molecule has 3 rings (SSSR count). The Labute approximate surface area is 194 Å². The molecule has 0 bridgehead atoms. The molecule has 1 atom stereocenters. The lowest BCUT2D eigenvalue weighted by Crippen LogP contribution is -2.30. The molecule has 1 amide bonds. The van der Waals surface area contributed by atoms with E-state index in [2.05, 4.69) is 31.4 Å². The second kappa shape index (κ2) is 10.5. The predicted molar refractivity (Wildman–Crippen MR) is 128 cm³/mol. The first kappa shape index (κ1) is 22.9. The summed E-state index contributed by atoms with van der Waals surface area (Å²) in [7, 11) is 1.55. The van der Waals surface area contributed by atoms with Crippen LogP contribution in [0.5, 0.6) is 5.75 Å². The van der Waals surface area contributed by atoms with E-state index in [9.17, 15) is 9.90 Å². The van der Waals surface area contributed by atoms with E-state index in [-0.39, 0.29) is 12.5 Å². The average molecular weight is 500 g/mol. The van der Waals surface area contributed by atoms with E-state index in [4.69, 9.17) is 11.3 Å². The third-order valence-corrected chi connectivity index (χ3v) is 6.48. The second-order valence-electron chi connectivity index (χ2n) is 6.67. The summed E-state index contributed by atoms with van der Waals surface area (Å²) in [5.74, 6) is 0.114. The van der Waals surface area contributed by atoms with Crippen LogP contribution in [0.25, 0.3) is 4.85 Å². The van der Waals surface area contributed by atoms with Crippen molar-refractivity contribution in [1.82, 2.24) is 5.32 Å². The normalized spacial score (nSPS) is 15.9. The highest BCUT2D eigenvalue weighted by Crippen LogP contribution is 2.44. The van der Waals surface area contributed by atoms with Crippen molar-refractivity contribution >= 4 is 39.3 Å². The van der Waals surface area contributed by atoms with Crippen molar-refractivity contribution in [3.63, 3.8) is 0 Å². The monoisotopic (exact) mass is 499 g/mol. The van der Waals surface area contributed by atoms with Crippen LogP contribution in [0.1, 0.15) is 18.4 Å². The maximum absolute atomic E-state index is 13.5. The van der Waals surface area contributed by atoms with Gasteiger partial charge in [0, 0.05) is 21.5 Å². The molecule has 0 aliphatic carbocycles. The van der Waals surface area contributed by atoms with Crippen molar-refractivity contribution in [2.75, 3.05) is 24.8 Å². The van der Waals surface area contributed by atoms with Crippen LogP contribution in [0, 0.1) is 6.57 Å². The van der Waals surface area contributed by atoms with Gasteiger partial charge in [0.1, 0.15) is 5.75 Å². The summed E-state index contributed by atoms with van der Waals surface area (Å²) in [6, 6.07) is 14.8. The van der Waals surface area contributed by atoms with Gasteiger partial charge < -0.3 is 20.5 Å². The number of aliphatic hydroxyl groups is 1. The number of dihydropyridines is 1. The number of nitrogens with zero attached hydrogens (tertiary/aromatic N) is 1. The van der Waals surface area contributed by atoms with E-state index < -0.39 is 5.92 Å². The fraction of sp³-hybridized carbons (Fsp3) is 0.217. The van der Waals surface area contributed by atoms with Crippen LogP contribution < -0.4 is 15.4 Å². The molecular weight excluding hydrogens is 478 g/mol. The Morgan fingerprint density at radius 1 is 1.29 bits per heavy atom. The molecule has 6 nitrogen and oxygen atoms in total. The third-order valence-electron chi connectivity index (χ3n) is 4.77. The Kier molecular flexibility index (Phi) is 7.80. The Hall–Kier alpha value is -2.73. The summed E-state index contributed by atoms with van der Waals surface area (Å²) in [5.41, 5.74) is 2.90. The van der Waals surface area contributed by atoms with E-state index in [1.54, 1.807) is 19.2 Å². The molecule has 0 fully saturated rings. The smallest absolute Gasteiger partial charge is 0.253 e. The van der Waals surface area contributed by atoms with Gasteiger partial charge in [-0.05, 0) is 30.7 Å². The standard InChI is InChI=1S/C23H22BrN3O3S/c1-14-19(22(29)27-17-10-6-7-11-18(17)30-3)20(15-8-4-5-9-16(15)24)21(25-2)23(26-14)31-13-12-28/h4-11,20,26,28H,12-13H2,1,3H3,(H,27,29). The van der Waals surface area contributed by atoms with E-state index in [1.807, 2.05) is 43.3 Å². The van der Waals surface area contributed by atoms with Gasteiger partial charge >= 0.3 is 0 Å². The summed E-state index contributed by atoms with van der Waals surface area (Å²) >= 11 is 4.95. The number of para-hydroxylation sites is 2. The van der Waals surface area contributed by atoms with Gasteiger partial charge in [0.05, 0.1) is 36.9 Å². The van der Waals surface area contributed by atoms with Crippen molar-refractivity contribution in [3.8, 4) is 5.75 Å². The zero-order chi connectivity index (χ0) is 22.4. The van der Waals surface area contributed by atoms with Crippen LogP contribution in [0.4, 0.5) is 5.69 Å². The molecule has 3 N–H and O–H groups in total. The predicted octanol–water partition coefficient (Wildman–Crippen LogP) is 4.87. The van der Waals surface area contributed by atoms with Crippen molar-refractivity contribution < 1.29 is 14.6 Å². The summed E-state index contributed by atoms with van der Waals surface area (Å²) in [4.78, 5) is 17.3. The fourth-order valence-electron chi connectivity index (χ4n) is 3.41. The minimum absolute atomic E-state index is 0.00919. The lowest BCUT2D eigenvalue weighted by molar-refractivity contribution is -0.113. The van der Waals surface area contributed by atoms with Gasteiger partial charge in [-0.3, -0.25) is 4.79 Å². The van der Waals surface area contributed by atoms with E-state index in [1.165, 1.54) is 11.8 Å². The Morgan fingerprint density at radius 2 is 2.00 bits per heavy atom. The van der Waals surface area contributed by atoms with Gasteiger partial charge in [-0.1, -0.05) is 46.3 Å². The van der Waals surface area contributed by atoms with E-state index in [0.29, 0.717) is 39.2 Å². The number of carbonyl (C=O) groups is 1. The van der Waals surface area contributed by atoms with Gasteiger partial charge in [0.2, 0.25) is 5.70 Å². The fourth-order valence-corrected chi connectivity index (χ4v) is 4.76. The molecule has 1 aliphatic rings. The molecule has 1 unspecified atom stereocenters. The number of anilines is 1. The SMILES string of the molecule is [C-]#[N+]C1=C(SCCO)NC(C)=C(C(=O)Nc2ccccc2OC)C1c1ccccc1Br. The highest BCUT2D eigenvalue weighted by atomic mass is 79.9. The zero-order valence-electron chi connectivity index (χ0n) is 17.1. The topological polar surface area (TPSA) is 75.0 Å². The van der Waals surface area contributed by atoms with Crippen molar-refractivity contribution in [2.24, 2.45) is 0 Å². The third kappa shape index (κ3) is 4.96. The summed E-state index contributed by atoms with van der Waals surface area (Å²) < 4.78 is 6.17. The number of aliphatic hydroxyl groups excluding tert-OH is 1. The average Bonchev–Trinajstić information content (AvgIpc) is 2.77. The number of ether oxygens (including phenoxy) is 1. The summed E-state index contributed by atoms with van der Waals surface area (Å²) in [6.07, 6.45) is 0. The number of hydrogen-bond donors (Lipinski definition) is 3. The lowest BCUT2D eigenvalue weighted by atomic mass is 9.85. The van der Waals surface area contributed by atoms with Gasteiger partial charge in [-0.15, -0.1) is 11.8 Å². The Morgan fingerprint density at radius 3 is 2.68 bits per heavy atom. The quantitative estimate of drug-likeness (QED) is 0.473. The number of benzene rings is 2. The molecule has 31 heavy (non-hydrogen) atoms. The van der Waals surface area contributed by atoms with Gasteiger partial charge in [0.15, 0.2) is 0 Å². The number of nitrogens with one attached hydrogen (secondary N) is 2. The summed E-state index contributed by atoms with van der Waals surface area (Å²) in [5, 5.41) is 16.0. The Bertz CT molecular complexity index is 1090. The summed E-state index contributed by atoms with van der Waals surface area (Å²) in [6.45, 7) is 9.67. The molecule has 2 aromatic rings. The molecule has 0 saturated carbocycles. The highest BCUT2D eigenvalue weighted by Gasteiger charge is 2.36. The number of rotatable bonds is 7. The van der Waals surface area contributed by atoms with E-state index in [0.717, 1.165) is 10.0 Å². The molecule has 0 spiro atoms. The van der Waals surface area contributed by atoms with Crippen LogP contribution in [-0.4, -0.2) is 30.5 Å². The van der Waals surface area contributed by atoms with Crippen molar-refractivity contribution in [3.05, 3.63) is 92.0 Å². The van der Waals surface area contributed by atoms with Crippen LogP contribution in [-0.2, 0) is 4.79 Å². The van der Waals surface area contributed by atoms with E-state index >= 15 is 0 Å². The number of thioether (sulfide) groups is 1. The minimum Gasteiger partial charge on any atom is -0.495 e. The zero-order valence-corrected chi connectivity index (χ0v) is 19.5. The maximum atomic E-state index is 13.5. The van der Waals surface area contributed by atoms with Crippen LogP contribution in [0.2, 0.25) is 0 Å². The van der Waals surface area contributed by atoms with Gasteiger partial charge in [-0.25, -0.2) is 4.85 Å². The number of methoxy groups -OCH3 is 1. The van der Waals surface area contributed by atoms with Gasteiger partial charge in [-0.2, -0.15) is 0 Å². The highest BCUT2D eigenvalue weighted by molar-refractivity contribution is 9.10. The molecule has 8 heteroatoms. The molecule has 0 saturated heterocycles. The molecule has 160 valence electrons. The number of allylic oxidation sites excluding steroid dienone is 2. The van der Waals surface area contributed by atoms with Crippen LogP contribution in [0.3, 0.4) is 0 Å². The number of carbonyl (C=O) groups excluding carboxylic acids is 1. The largest absolute Gasteiger partial charge is 0.495 e. The van der Waals surface area contributed by atoms with Crippen LogP contribution >= 0.6 is 27.7 Å². The molecule has 1 aliphatic heterocycles. The van der Waals surface area contributed by atoms with Crippen molar-refractivity contribution in [2.45, 2.75) is 12.8 Å². The number of hydrogen-bond acceptors (Lipinski definition) is 5. The first-order valence-electron chi connectivity index (χ1n) is 9.53. The molecule has 1 heterocycles. The van der Waals surface area contributed by atoms with Crippen LogP contribution in [0.15, 0.2) is 75.0 Å². The van der Waals surface area contributed by atoms with Crippen molar-refractivity contribution in [1.29, 1.82) is 0 Å². The first-order chi connectivity index (χ1) is 15.0. The lowest BCUT2D eigenvalue weighted by Gasteiger charge is -2.30. The second-order valence-corrected chi connectivity index (χ2v) is 8.63. The molecule has 0 radical (unpaired) electrons. The molecular formula is C23H22BrN3O3S. The maximum Gasteiger partial charge on any atom is 0.253 e. The number of amides is 1. The Balaban J connectivity index is 2.09. The van der Waals surface area contributed by atoms with Gasteiger partial charge in [0.25, 0.3) is 5.91 Å². The molecule has 2 aromatic carbocycles. The minimum atomic E-state index is -0.565. The first-order valence-corrected chi connectivity index (χ1v) is 11.3. The number of halogens is 1. The molecule has 0 aromatic heterocycles.